The Morgan fingerprint density at radius 3 is 2.75 bits per heavy atom. The van der Waals surface area contributed by atoms with Crippen LogP contribution >= 0.6 is 0 Å². The number of hydrogen-bond donors (Lipinski definition) is 1. The molecule has 0 spiro atoms. The Morgan fingerprint density at radius 2 is 2.25 bits per heavy atom. The zero-order chi connectivity index (χ0) is 8.97. The minimum Gasteiger partial charge on any atom is -0.322 e. The van der Waals surface area contributed by atoms with E-state index < -0.39 is 0 Å². The third-order valence-electron chi connectivity index (χ3n) is 2.29. The van der Waals surface area contributed by atoms with E-state index in [4.69, 9.17) is 5.73 Å². The Hall–Kier alpha value is -0.890. The van der Waals surface area contributed by atoms with E-state index in [9.17, 15) is 0 Å². The second-order valence-corrected chi connectivity index (χ2v) is 3.17. The fraction of sp³-hybridized carbons (Fsp3) is 0.500. The van der Waals surface area contributed by atoms with Crippen LogP contribution in [0.5, 0.6) is 0 Å². The van der Waals surface area contributed by atoms with Crippen LogP contribution in [0.1, 0.15) is 32.0 Å². The molecule has 1 aromatic heterocycles. The van der Waals surface area contributed by atoms with Crippen LogP contribution in [0, 0.1) is 5.92 Å². The van der Waals surface area contributed by atoms with Crippen LogP contribution < -0.4 is 5.73 Å². The van der Waals surface area contributed by atoms with Gasteiger partial charge in [0.25, 0.3) is 0 Å². The van der Waals surface area contributed by atoms with Crippen molar-refractivity contribution in [3.8, 4) is 0 Å². The SMILES string of the molecule is CCC(C)C(N)c1ccccn1. The summed E-state index contributed by atoms with van der Waals surface area (Å²) in [5.41, 5.74) is 6.98. The number of nitrogens with two attached hydrogens (primary N) is 1. The fourth-order valence-corrected chi connectivity index (χ4v) is 1.12. The zero-order valence-corrected chi connectivity index (χ0v) is 7.70. The lowest BCUT2D eigenvalue weighted by atomic mass is 9.97. The second-order valence-electron chi connectivity index (χ2n) is 3.17. The molecule has 2 unspecified atom stereocenters. The number of aromatic nitrogens is 1. The van der Waals surface area contributed by atoms with E-state index in [2.05, 4.69) is 18.8 Å². The molecule has 1 heterocycles. The van der Waals surface area contributed by atoms with Crippen molar-refractivity contribution in [3.63, 3.8) is 0 Å². The molecule has 2 atom stereocenters. The molecule has 0 aliphatic carbocycles. The van der Waals surface area contributed by atoms with E-state index in [0.29, 0.717) is 5.92 Å². The minimum atomic E-state index is 0.0798. The highest BCUT2D eigenvalue weighted by molar-refractivity contribution is 5.08. The Labute approximate surface area is 73.8 Å². The summed E-state index contributed by atoms with van der Waals surface area (Å²) in [6.07, 6.45) is 2.88. The van der Waals surface area contributed by atoms with Gasteiger partial charge in [-0.05, 0) is 18.1 Å². The summed E-state index contributed by atoms with van der Waals surface area (Å²) in [7, 11) is 0. The third kappa shape index (κ3) is 2.05. The Bertz CT molecular complexity index is 221. The van der Waals surface area contributed by atoms with Crippen LogP contribution in [0.4, 0.5) is 0 Å². The molecule has 1 aromatic rings. The van der Waals surface area contributed by atoms with Gasteiger partial charge in [-0.2, -0.15) is 0 Å². The van der Waals surface area contributed by atoms with Gasteiger partial charge in [0, 0.05) is 12.2 Å². The number of rotatable bonds is 3. The van der Waals surface area contributed by atoms with E-state index in [1.807, 2.05) is 18.2 Å². The largest absolute Gasteiger partial charge is 0.322 e. The first-order chi connectivity index (χ1) is 5.75. The number of pyridine rings is 1. The van der Waals surface area contributed by atoms with Gasteiger partial charge >= 0.3 is 0 Å². The molecule has 0 saturated carbocycles. The molecule has 0 saturated heterocycles. The van der Waals surface area contributed by atoms with Gasteiger partial charge in [-0.25, -0.2) is 0 Å². The Morgan fingerprint density at radius 1 is 1.50 bits per heavy atom. The van der Waals surface area contributed by atoms with Gasteiger partial charge in [0.1, 0.15) is 0 Å². The first-order valence-corrected chi connectivity index (χ1v) is 4.42. The molecule has 0 radical (unpaired) electrons. The van der Waals surface area contributed by atoms with Crippen molar-refractivity contribution in [1.29, 1.82) is 0 Å². The van der Waals surface area contributed by atoms with Gasteiger partial charge < -0.3 is 5.73 Å². The van der Waals surface area contributed by atoms with Crippen molar-refractivity contribution in [1.82, 2.24) is 4.98 Å². The predicted molar refractivity (Wildman–Crippen MR) is 50.6 cm³/mol. The van der Waals surface area contributed by atoms with Crippen LogP contribution in [0.25, 0.3) is 0 Å². The van der Waals surface area contributed by atoms with Gasteiger partial charge in [-0.15, -0.1) is 0 Å². The van der Waals surface area contributed by atoms with Crippen molar-refractivity contribution in [2.24, 2.45) is 11.7 Å². The average Bonchev–Trinajstić information content (AvgIpc) is 2.17. The number of nitrogens with zero attached hydrogens (tertiary/aromatic N) is 1. The van der Waals surface area contributed by atoms with E-state index in [0.717, 1.165) is 12.1 Å². The quantitative estimate of drug-likeness (QED) is 0.743. The van der Waals surface area contributed by atoms with Crippen molar-refractivity contribution in [2.45, 2.75) is 26.3 Å². The van der Waals surface area contributed by atoms with Gasteiger partial charge in [0.05, 0.1) is 5.69 Å². The van der Waals surface area contributed by atoms with Crippen LogP contribution in [0.15, 0.2) is 24.4 Å². The minimum absolute atomic E-state index is 0.0798. The maximum absolute atomic E-state index is 5.99. The van der Waals surface area contributed by atoms with Crippen molar-refractivity contribution in [2.75, 3.05) is 0 Å². The Kier molecular flexibility index (Phi) is 3.23. The third-order valence-corrected chi connectivity index (χ3v) is 2.29. The predicted octanol–water partition coefficient (Wildman–Crippen LogP) is 2.13. The van der Waals surface area contributed by atoms with Crippen LogP contribution in [-0.2, 0) is 0 Å². The molecule has 0 aromatic carbocycles. The second kappa shape index (κ2) is 4.21. The summed E-state index contributed by atoms with van der Waals surface area (Å²) in [5, 5.41) is 0. The molecule has 0 fully saturated rings. The summed E-state index contributed by atoms with van der Waals surface area (Å²) in [6, 6.07) is 5.95. The fourth-order valence-electron chi connectivity index (χ4n) is 1.12. The van der Waals surface area contributed by atoms with E-state index in [1.54, 1.807) is 6.20 Å². The van der Waals surface area contributed by atoms with Gasteiger partial charge in [0.2, 0.25) is 0 Å². The summed E-state index contributed by atoms with van der Waals surface area (Å²) in [6.45, 7) is 4.30. The average molecular weight is 164 g/mol. The molecule has 0 aliphatic rings. The molecule has 1 rings (SSSR count). The van der Waals surface area contributed by atoms with E-state index in [-0.39, 0.29) is 6.04 Å². The molecule has 0 bridgehead atoms. The molecule has 2 N–H and O–H groups in total. The highest BCUT2D eigenvalue weighted by atomic mass is 14.8. The molecule has 0 amide bonds. The topological polar surface area (TPSA) is 38.9 Å². The van der Waals surface area contributed by atoms with Crippen molar-refractivity contribution in [3.05, 3.63) is 30.1 Å². The smallest absolute Gasteiger partial charge is 0.0573 e. The van der Waals surface area contributed by atoms with Gasteiger partial charge in [0.15, 0.2) is 0 Å². The maximum atomic E-state index is 5.99. The number of hydrogen-bond acceptors (Lipinski definition) is 2. The summed E-state index contributed by atoms with van der Waals surface area (Å²) in [5.74, 6) is 0.500. The summed E-state index contributed by atoms with van der Waals surface area (Å²) < 4.78 is 0. The standard InChI is InChI=1S/C10H16N2/c1-3-8(2)10(11)9-6-4-5-7-12-9/h4-8,10H,3,11H2,1-2H3. The van der Waals surface area contributed by atoms with Crippen molar-refractivity contribution >= 4 is 0 Å². The van der Waals surface area contributed by atoms with Gasteiger partial charge in [-0.1, -0.05) is 26.3 Å². The molecule has 66 valence electrons. The normalized spacial score (nSPS) is 15.6. The first kappa shape index (κ1) is 9.20. The lowest BCUT2D eigenvalue weighted by molar-refractivity contribution is 0.448. The van der Waals surface area contributed by atoms with E-state index >= 15 is 0 Å². The highest BCUT2D eigenvalue weighted by Crippen LogP contribution is 2.18. The summed E-state index contributed by atoms with van der Waals surface area (Å²) in [4.78, 5) is 4.22. The summed E-state index contributed by atoms with van der Waals surface area (Å²) >= 11 is 0. The van der Waals surface area contributed by atoms with Gasteiger partial charge in [-0.3, -0.25) is 4.98 Å². The maximum Gasteiger partial charge on any atom is 0.0573 e. The van der Waals surface area contributed by atoms with E-state index in [1.165, 1.54) is 0 Å². The zero-order valence-electron chi connectivity index (χ0n) is 7.70. The highest BCUT2D eigenvalue weighted by Gasteiger charge is 2.12. The van der Waals surface area contributed by atoms with Crippen LogP contribution in [-0.4, -0.2) is 4.98 Å². The lowest BCUT2D eigenvalue weighted by Crippen LogP contribution is -2.19. The van der Waals surface area contributed by atoms with Crippen LogP contribution in [0.3, 0.4) is 0 Å². The lowest BCUT2D eigenvalue weighted by Gasteiger charge is -2.16. The first-order valence-electron chi connectivity index (χ1n) is 4.42. The van der Waals surface area contributed by atoms with Crippen molar-refractivity contribution < 1.29 is 0 Å². The molecule has 12 heavy (non-hydrogen) atoms. The molecule has 0 aliphatic heterocycles. The molecule has 2 nitrogen and oxygen atoms in total. The molecule has 2 heteroatoms. The van der Waals surface area contributed by atoms with Crippen LogP contribution in [0.2, 0.25) is 0 Å². The monoisotopic (exact) mass is 164 g/mol. The molecular formula is C10H16N2. The molecular weight excluding hydrogens is 148 g/mol. The Balaban J connectivity index is 2.71.